The van der Waals surface area contributed by atoms with Gasteiger partial charge in [-0.1, -0.05) is 6.92 Å². The summed E-state index contributed by atoms with van der Waals surface area (Å²) < 4.78 is 1.05. The van der Waals surface area contributed by atoms with Crippen LogP contribution in [0.15, 0.2) is 16.6 Å². The second-order valence-corrected chi connectivity index (χ2v) is 3.90. The molecule has 1 aromatic heterocycles. The summed E-state index contributed by atoms with van der Waals surface area (Å²) in [5.41, 5.74) is 1.01. The van der Waals surface area contributed by atoms with Crippen molar-refractivity contribution in [2.45, 2.75) is 13.8 Å². The van der Waals surface area contributed by atoms with Crippen molar-refractivity contribution in [1.82, 2.24) is 10.3 Å². The molecule has 4 heteroatoms. The fourth-order valence-corrected chi connectivity index (χ4v) is 1.32. The van der Waals surface area contributed by atoms with Gasteiger partial charge < -0.3 is 10.6 Å². The number of likely N-dealkylation sites (N-methyl/N-ethyl adjacent to an activating group) is 1. The molecule has 0 bridgehead atoms. The van der Waals surface area contributed by atoms with Gasteiger partial charge in [-0.3, -0.25) is 0 Å². The van der Waals surface area contributed by atoms with Crippen molar-refractivity contribution in [3.63, 3.8) is 0 Å². The van der Waals surface area contributed by atoms with Gasteiger partial charge in [0.05, 0.1) is 5.69 Å². The van der Waals surface area contributed by atoms with Crippen LogP contribution in [0.2, 0.25) is 0 Å². The summed E-state index contributed by atoms with van der Waals surface area (Å²) in [7, 11) is 0. The zero-order valence-electron chi connectivity index (χ0n) is 8.60. The van der Waals surface area contributed by atoms with Crippen LogP contribution in [-0.2, 0) is 0 Å². The number of anilines is 1. The fraction of sp³-hybridized carbons (Fsp3) is 0.500. The predicted octanol–water partition coefficient (Wildman–Crippen LogP) is 2.17. The molecule has 0 aliphatic heterocycles. The summed E-state index contributed by atoms with van der Waals surface area (Å²) in [5.74, 6) is 0.934. The Morgan fingerprint density at radius 1 is 1.36 bits per heavy atom. The largest absolute Gasteiger partial charge is 0.369 e. The van der Waals surface area contributed by atoms with Crippen molar-refractivity contribution in [2.75, 3.05) is 25.0 Å². The number of nitrogens with zero attached hydrogens (tertiary/aromatic N) is 1. The van der Waals surface area contributed by atoms with Gasteiger partial charge in [0, 0.05) is 17.6 Å². The van der Waals surface area contributed by atoms with E-state index in [0.29, 0.717) is 0 Å². The number of aromatic nitrogens is 1. The summed E-state index contributed by atoms with van der Waals surface area (Å²) >= 11 is 3.42. The molecule has 0 saturated carbocycles. The van der Waals surface area contributed by atoms with Crippen LogP contribution in [-0.4, -0.2) is 24.6 Å². The third kappa shape index (κ3) is 3.64. The van der Waals surface area contributed by atoms with E-state index in [0.717, 1.165) is 35.6 Å². The Bertz CT molecular complexity index is 289. The molecule has 0 fully saturated rings. The lowest BCUT2D eigenvalue weighted by atomic mass is 10.4. The normalized spacial score (nSPS) is 10.2. The van der Waals surface area contributed by atoms with Crippen molar-refractivity contribution >= 4 is 21.7 Å². The van der Waals surface area contributed by atoms with Crippen LogP contribution >= 0.6 is 15.9 Å². The number of nitrogens with one attached hydrogen (secondary N) is 2. The average Bonchev–Trinajstić information content (AvgIpc) is 2.18. The van der Waals surface area contributed by atoms with Crippen LogP contribution in [0.4, 0.5) is 5.82 Å². The lowest BCUT2D eigenvalue weighted by Crippen LogP contribution is -2.21. The molecule has 1 rings (SSSR count). The molecule has 0 amide bonds. The number of pyridine rings is 1. The first-order valence-corrected chi connectivity index (χ1v) is 5.61. The topological polar surface area (TPSA) is 37.0 Å². The maximum absolute atomic E-state index is 4.38. The Morgan fingerprint density at radius 2 is 2.14 bits per heavy atom. The quantitative estimate of drug-likeness (QED) is 0.795. The lowest BCUT2D eigenvalue weighted by Gasteiger charge is -2.07. The SMILES string of the molecule is CCNCCNc1ccc(Br)c(C)n1. The molecule has 0 radical (unpaired) electrons. The average molecular weight is 258 g/mol. The van der Waals surface area contributed by atoms with E-state index in [1.165, 1.54) is 0 Å². The van der Waals surface area contributed by atoms with Crippen LogP contribution in [0.1, 0.15) is 12.6 Å². The first-order chi connectivity index (χ1) is 6.74. The van der Waals surface area contributed by atoms with E-state index in [2.05, 4.69) is 38.5 Å². The zero-order valence-corrected chi connectivity index (χ0v) is 10.2. The highest BCUT2D eigenvalue weighted by Gasteiger charge is 1.97. The summed E-state index contributed by atoms with van der Waals surface area (Å²) in [6.45, 7) is 6.96. The third-order valence-electron chi connectivity index (χ3n) is 1.88. The highest BCUT2D eigenvalue weighted by atomic mass is 79.9. The van der Waals surface area contributed by atoms with E-state index in [9.17, 15) is 0 Å². The van der Waals surface area contributed by atoms with E-state index in [1.807, 2.05) is 19.1 Å². The summed E-state index contributed by atoms with van der Waals surface area (Å²) in [5, 5.41) is 6.50. The van der Waals surface area contributed by atoms with Gasteiger partial charge in [0.1, 0.15) is 5.82 Å². The molecule has 3 nitrogen and oxygen atoms in total. The third-order valence-corrected chi connectivity index (χ3v) is 2.72. The van der Waals surface area contributed by atoms with Gasteiger partial charge >= 0.3 is 0 Å². The molecule has 78 valence electrons. The minimum absolute atomic E-state index is 0.905. The van der Waals surface area contributed by atoms with E-state index in [4.69, 9.17) is 0 Å². The van der Waals surface area contributed by atoms with Crippen LogP contribution < -0.4 is 10.6 Å². The van der Waals surface area contributed by atoms with Crippen molar-refractivity contribution in [3.05, 3.63) is 22.3 Å². The van der Waals surface area contributed by atoms with Gasteiger partial charge in [0.15, 0.2) is 0 Å². The second kappa shape index (κ2) is 5.98. The van der Waals surface area contributed by atoms with E-state index >= 15 is 0 Å². The molecule has 14 heavy (non-hydrogen) atoms. The zero-order chi connectivity index (χ0) is 10.4. The first kappa shape index (κ1) is 11.5. The van der Waals surface area contributed by atoms with Gasteiger partial charge in [-0.05, 0) is 41.5 Å². The molecule has 1 aromatic rings. The van der Waals surface area contributed by atoms with Crippen molar-refractivity contribution in [1.29, 1.82) is 0 Å². The molecule has 0 unspecified atom stereocenters. The standard InChI is InChI=1S/C10H16BrN3/c1-3-12-6-7-13-10-5-4-9(11)8(2)14-10/h4-5,12H,3,6-7H2,1-2H3,(H,13,14). The Kier molecular flexibility index (Phi) is 4.90. The van der Waals surface area contributed by atoms with Crippen LogP contribution in [0, 0.1) is 6.92 Å². The second-order valence-electron chi connectivity index (χ2n) is 3.04. The summed E-state index contributed by atoms with van der Waals surface area (Å²) in [6.07, 6.45) is 0. The van der Waals surface area contributed by atoms with E-state index < -0.39 is 0 Å². The number of halogens is 1. The molecule has 2 N–H and O–H groups in total. The molecule has 0 aliphatic rings. The molecule has 1 heterocycles. The monoisotopic (exact) mass is 257 g/mol. The Labute approximate surface area is 93.4 Å². The lowest BCUT2D eigenvalue weighted by molar-refractivity contribution is 0.737. The minimum atomic E-state index is 0.905. The van der Waals surface area contributed by atoms with Crippen molar-refractivity contribution in [3.8, 4) is 0 Å². The number of aryl methyl sites for hydroxylation is 1. The minimum Gasteiger partial charge on any atom is -0.369 e. The first-order valence-electron chi connectivity index (χ1n) is 4.81. The van der Waals surface area contributed by atoms with Crippen LogP contribution in [0.3, 0.4) is 0 Å². The summed E-state index contributed by atoms with van der Waals surface area (Å²) in [4.78, 5) is 4.38. The summed E-state index contributed by atoms with van der Waals surface area (Å²) in [6, 6.07) is 3.99. The Hall–Kier alpha value is -0.610. The number of hydrogen-bond acceptors (Lipinski definition) is 3. The van der Waals surface area contributed by atoms with Gasteiger partial charge in [-0.25, -0.2) is 4.98 Å². The molecule has 0 aliphatic carbocycles. The van der Waals surface area contributed by atoms with Crippen LogP contribution in [0.5, 0.6) is 0 Å². The van der Waals surface area contributed by atoms with Crippen LogP contribution in [0.25, 0.3) is 0 Å². The van der Waals surface area contributed by atoms with Crippen molar-refractivity contribution < 1.29 is 0 Å². The Morgan fingerprint density at radius 3 is 2.79 bits per heavy atom. The fourth-order valence-electron chi connectivity index (χ4n) is 1.10. The molecule has 0 atom stereocenters. The van der Waals surface area contributed by atoms with E-state index in [-0.39, 0.29) is 0 Å². The highest BCUT2D eigenvalue weighted by molar-refractivity contribution is 9.10. The molecule has 0 spiro atoms. The van der Waals surface area contributed by atoms with Crippen molar-refractivity contribution in [2.24, 2.45) is 0 Å². The maximum atomic E-state index is 4.38. The van der Waals surface area contributed by atoms with Gasteiger partial charge in [0.2, 0.25) is 0 Å². The Balaban J connectivity index is 2.39. The van der Waals surface area contributed by atoms with E-state index in [1.54, 1.807) is 0 Å². The molecular formula is C10H16BrN3. The molecular weight excluding hydrogens is 242 g/mol. The highest BCUT2D eigenvalue weighted by Crippen LogP contribution is 2.15. The van der Waals surface area contributed by atoms with Gasteiger partial charge in [-0.15, -0.1) is 0 Å². The van der Waals surface area contributed by atoms with Gasteiger partial charge in [0.25, 0.3) is 0 Å². The smallest absolute Gasteiger partial charge is 0.126 e. The molecule has 0 saturated heterocycles. The number of hydrogen-bond donors (Lipinski definition) is 2. The maximum Gasteiger partial charge on any atom is 0.126 e. The predicted molar refractivity (Wildman–Crippen MR) is 63.7 cm³/mol. The van der Waals surface area contributed by atoms with Gasteiger partial charge in [-0.2, -0.15) is 0 Å². The number of rotatable bonds is 5. The molecule has 0 aromatic carbocycles.